The van der Waals surface area contributed by atoms with Crippen molar-refractivity contribution in [3.05, 3.63) is 0 Å². The van der Waals surface area contributed by atoms with E-state index in [1.54, 1.807) is 14.0 Å². The highest BCUT2D eigenvalue weighted by atomic mass is 16.5. The van der Waals surface area contributed by atoms with Crippen LogP contribution in [0.2, 0.25) is 0 Å². The fourth-order valence-corrected chi connectivity index (χ4v) is 1.20. The summed E-state index contributed by atoms with van der Waals surface area (Å²) in [5.74, 6) is 0. The van der Waals surface area contributed by atoms with Gasteiger partial charge < -0.3 is 20.1 Å². The molecule has 2 N–H and O–H groups in total. The SMILES string of the molecule is CC(O)CN(C)C(=O)NCCCOC(C)C. The Morgan fingerprint density at radius 1 is 1.44 bits per heavy atom. The molecule has 16 heavy (non-hydrogen) atoms. The van der Waals surface area contributed by atoms with Gasteiger partial charge in [-0.25, -0.2) is 4.79 Å². The van der Waals surface area contributed by atoms with E-state index >= 15 is 0 Å². The van der Waals surface area contributed by atoms with E-state index in [2.05, 4.69) is 5.32 Å². The number of carbonyl (C=O) groups excluding carboxylic acids is 1. The number of amides is 2. The number of hydrogen-bond acceptors (Lipinski definition) is 3. The third kappa shape index (κ3) is 8.49. The zero-order valence-corrected chi connectivity index (χ0v) is 10.7. The number of hydrogen-bond donors (Lipinski definition) is 2. The van der Waals surface area contributed by atoms with Crippen molar-refractivity contribution in [2.75, 3.05) is 26.7 Å². The van der Waals surface area contributed by atoms with Crippen LogP contribution >= 0.6 is 0 Å². The molecule has 0 aromatic rings. The third-order valence-electron chi connectivity index (χ3n) is 1.93. The van der Waals surface area contributed by atoms with E-state index in [9.17, 15) is 4.79 Å². The number of nitrogens with one attached hydrogen (secondary N) is 1. The van der Waals surface area contributed by atoms with Crippen LogP contribution in [0.4, 0.5) is 4.79 Å². The normalized spacial score (nSPS) is 12.6. The fourth-order valence-electron chi connectivity index (χ4n) is 1.20. The van der Waals surface area contributed by atoms with E-state index in [1.165, 1.54) is 4.90 Å². The lowest BCUT2D eigenvalue weighted by atomic mass is 10.4. The highest BCUT2D eigenvalue weighted by Crippen LogP contribution is 1.91. The molecule has 0 aromatic carbocycles. The molecule has 0 heterocycles. The van der Waals surface area contributed by atoms with Gasteiger partial charge in [-0.05, 0) is 27.2 Å². The first kappa shape index (κ1) is 15.2. The van der Waals surface area contributed by atoms with Crippen molar-refractivity contribution in [2.45, 2.75) is 39.4 Å². The monoisotopic (exact) mass is 232 g/mol. The van der Waals surface area contributed by atoms with E-state index in [0.29, 0.717) is 19.7 Å². The Morgan fingerprint density at radius 3 is 2.56 bits per heavy atom. The molecule has 0 bridgehead atoms. The van der Waals surface area contributed by atoms with Crippen LogP contribution in [-0.4, -0.2) is 55.0 Å². The lowest BCUT2D eigenvalue weighted by Gasteiger charge is -2.19. The molecular weight excluding hydrogens is 208 g/mol. The molecule has 0 aliphatic carbocycles. The molecule has 0 aliphatic heterocycles. The summed E-state index contributed by atoms with van der Waals surface area (Å²) >= 11 is 0. The van der Waals surface area contributed by atoms with Crippen LogP contribution in [0.1, 0.15) is 27.2 Å². The minimum Gasteiger partial charge on any atom is -0.392 e. The largest absolute Gasteiger partial charge is 0.392 e. The van der Waals surface area contributed by atoms with Crippen molar-refractivity contribution in [3.63, 3.8) is 0 Å². The van der Waals surface area contributed by atoms with Crippen LogP contribution in [0.3, 0.4) is 0 Å². The number of likely N-dealkylation sites (N-methyl/N-ethyl adjacent to an activating group) is 1. The molecule has 0 spiro atoms. The number of aliphatic hydroxyl groups is 1. The predicted octanol–water partition coefficient (Wildman–Crippen LogP) is 0.824. The average molecular weight is 232 g/mol. The highest BCUT2D eigenvalue weighted by Gasteiger charge is 2.09. The number of nitrogens with zero attached hydrogens (tertiary/aromatic N) is 1. The van der Waals surface area contributed by atoms with Gasteiger partial charge in [0.2, 0.25) is 0 Å². The van der Waals surface area contributed by atoms with Gasteiger partial charge in [-0.3, -0.25) is 0 Å². The van der Waals surface area contributed by atoms with Crippen LogP contribution in [0.5, 0.6) is 0 Å². The van der Waals surface area contributed by atoms with Crippen LogP contribution in [-0.2, 0) is 4.74 Å². The van der Waals surface area contributed by atoms with E-state index in [4.69, 9.17) is 9.84 Å². The number of urea groups is 1. The molecule has 0 saturated carbocycles. The van der Waals surface area contributed by atoms with Crippen molar-refractivity contribution >= 4 is 6.03 Å². The summed E-state index contributed by atoms with van der Waals surface area (Å²) in [5.41, 5.74) is 0. The Labute approximate surface area is 97.8 Å². The molecule has 0 radical (unpaired) electrons. The van der Waals surface area contributed by atoms with Crippen molar-refractivity contribution in [1.29, 1.82) is 0 Å². The number of ether oxygens (including phenoxy) is 1. The average Bonchev–Trinajstić information content (AvgIpc) is 2.15. The van der Waals surface area contributed by atoms with Gasteiger partial charge in [0, 0.05) is 26.7 Å². The molecule has 2 amide bonds. The summed E-state index contributed by atoms with van der Waals surface area (Å²) < 4.78 is 5.34. The molecular formula is C11H24N2O3. The van der Waals surface area contributed by atoms with Gasteiger partial charge in [0.25, 0.3) is 0 Å². The van der Waals surface area contributed by atoms with Gasteiger partial charge in [-0.1, -0.05) is 0 Å². The van der Waals surface area contributed by atoms with E-state index in [0.717, 1.165) is 6.42 Å². The molecule has 1 atom stereocenters. The summed E-state index contributed by atoms with van der Waals surface area (Å²) in [6, 6.07) is -0.162. The molecule has 0 fully saturated rings. The summed E-state index contributed by atoms with van der Waals surface area (Å²) in [6.45, 7) is 7.20. The quantitative estimate of drug-likeness (QED) is 0.639. The molecule has 96 valence electrons. The first-order valence-electron chi connectivity index (χ1n) is 5.72. The first-order chi connectivity index (χ1) is 7.43. The minimum absolute atomic E-state index is 0.162. The van der Waals surface area contributed by atoms with Gasteiger partial charge in [-0.15, -0.1) is 0 Å². The second-order valence-electron chi connectivity index (χ2n) is 4.23. The number of carbonyl (C=O) groups is 1. The standard InChI is InChI=1S/C11H24N2O3/c1-9(2)16-7-5-6-12-11(15)13(4)8-10(3)14/h9-10,14H,5-8H2,1-4H3,(H,12,15). The molecule has 1 unspecified atom stereocenters. The number of aliphatic hydroxyl groups excluding tert-OH is 1. The maximum atomic E-state index is 11.4. The van der Waals surface area contributed by atoms with Gasteiger partial charge in [0.1, 0.15) is 0 Å². The number of rotatable bonds is 7. The second kappa shape index (κ2) is 8.35. The Morgan fingerprint density at radius 2 is 2.06 bits per heavy atom. The van der Waals surface area contributed by atoms with Gasteiger partial charge in [0.15, 0.2) is 0 Å². The first-order valence-corrected chi connectivity index (χ1v) is 5.72. The van der Waals surface area contributed by atoms with Gasteiger partial charge in [-0.2, -0.15) is 0 Å². The van der Waals surface area contributed by atoms with Crippen molar-refractivity contribution in [3.8, 4) is 0 Å². The lowest BCUT2D eigenvalue weighted by Crippen LogP contribution is -2.41. The molecule has 0 aliphatic rings. The maximum absolute atomic E-state index is 11.4. The fraction of sp³-hybridized carbons (Fsp3) is 0.909. The Balaban J connectivity index is 3.50. The Kier molecular flexibility index (Phi) is 7.93. The van der Waals surface area contributed by atoms with E-state index < -0.39 is 6.10 Å². The molecule has 5 nitrogen and oxygen atoms in total. The molecule has 0 rings (SSSR count). The molecule has 0 aromatic heterocycles. The Hall–Kier alpha value is -0.810. The molecule has 5 heteroatoms. The Bertz CT molecular complexity index is 196. The van der Waals surface area contributed by atoms with Crippen molar-refractivity contribution < 1.29 is 14.6 Å². The van der Waals surface area contributed by atoms with E-state index in [-0.39, 0.29) is 12.1 Å². The summed E-state index contributed by atoms with van der Waals surface area (Å²) in [5, 5.41) is 11.9. The zero-order chi connectivity index (χ0) is 12.6. The van der Waals surface area contributed by atoms with Crippen molar-refractivity contribution in [1.82, 2.24) is 10.2 Å². The highest BCUT2D eigenvalue weighted by molar-refractivity contribution is 5.73. The van der Waals surface area contributed by atoms with Crippen LogP contribution < -0.4 is 5.32 Å². The minimum atomic E-state index is -0.500. The lowest BCUT2D eigenvalue weighted by molar-refractivity contribution is 0.0770. The van der Waals surface area contributed by atoms with Crippen LogP contribution in [0, 0.1) is 0 Å². The molecule has 0 saturated heterocycles. The smallest absolute Gasteiger partial charge is 0.317 e. The van der Waals surface area contributed by atoms with Gasteiger partial charge >= 0.3 is 6.03 Å². The predicted molar refractivity (Wildman–Crippen MR) is 63.4 cm³/mol. The summed E-state index contributed by atoms with van der Waals surface area (Å²) in [6.07, 6.45) is 0.528. The van der Waals surface area contributed by atoms with Gasteiger partial charge in [0.05, 0.1) is 12.2 Å². The van der Waals surface area contributed by atoms with E-state index in [1.807, 2.05) is 13.8 Å². The van der Waals surface area contributed by atoms with Crippen LogP contribution in [0.25, 0.3) is 0 Å². The maximum Gasteiger partial charge on any atom is 0.317 e. The zero-order valence-electron chi connectivity index (χ0n) is 10.7. The summed E-state index contributed by atoms with van der Waals surface area (Å²) in [7, 11) is 1.66. The topological polar surface area (TPSA) is 61.8 Å². The second-order valence-corrected chi connectivity index (χ2v) is 4.23. The third-order valence-corrected chi connectivity index (χ3v) is 1.93. The summed E-state index contributed by atoms with van der Waals surface area (Å²) in [4.78, 5) is 12.9. The van der Waals surface area contributed by atoms with Crippen molar-refractivity contribution in [2.24, 2.45) is 0 Å². The van der Waals surface area contributed by atoms with Crippen LogP contribution in [0.15, 0.2) is 0 Å².